The van der Waals surface area contributed by atoms with E-state index in [0.717, 1.165) is 34.3 Å². The molecule has 0 aliphatic carbocycles. The molecule has 3 aromatic carbocycles. The van der Waals surface area contributed by atoms with Crippen molar-refractivity contribution in [2.45, 2.75) is 6.42 Å². The predicted octanol–water partition coefficient (Wildman–Crippen LogP) is 4.33. The third-order valence-electron chi connectivity index (χ3n) is 5.33. The van der Waals surface area contributed by atoms with E-state index in [2.05, 4.69) is 15.1 Å². The van der Waals surface area contributed by atoms with Gasteiger partial charge in [-0.25, -0.2) is 0 Å². The van der Waals surface area contributed by atoms with E-state index < -0.39 is 0 Å². The quantitative estimate of drug-likeness (QED) is 0.460. The Hall–Kier alpha value is -3.93. The molecule has 0 radical (unpaired) electrons. The fraction of sp³-hybridized carbons (Fsp3) is 0.0870. The Morgan fingerprint density at radius 1 is 0.897 bits per heavy atom. The third-order valence-corrected chi connectivity index (χ3v) is 5.33. The summed E-state index contributed by atoms with van der Waals surface area (Å²) >= 11 is 0. The number of H-pyrrole nitrogens is 1. The maximum atomic E-state index is 12.9. The maximum absolute atomic E-state index is 12.9. The van der Waals surface area contributed by atoms with Gasteiger partial charge in [0.05, 0.1) is 6.61 Å². The molecule has 0 spiro atoms. The lowest BCUT2D eigenvalue weighted by Crippen LogP contribution is -2.04. The average Bonchev–Trinajstić information content (AvgIpc) is 3.43. The van der Waals surface area contributed by atoms with E-state index in [4.69, 9.17) is 9.26 Å². The Balaban J connectivity index is 1.45. The number of para-hydroxylation sites is 1. The van der Waals surface area contributed by atoms with Crippen molar-refractivity contribution in [1.29, 1.82) is 0 Å². The molecule has 0 amide bonds. The molecular formula is C23H15N3O3. The molecule has 1 aliphatic rings. The molecule has 0 bridgehead atoms. The number of rotatable bonds is 2. The van der Waals surface area contributed by atoms with Gasteiger partial charge in [-0.1, -0.05) is 17.3 Å². The number of pyridine rings is 1. The van der Waals surface area contributed by atoms with Crippen LogP contribution in [0.15, 0.2) is 70.0 Å². The second-order valence-corrected chi connectivity index (χ2v) is 7.10. The Labute approximate surface area is 164 Å². The highest BCUT2D eigenvalue weighted by Crippen LogP contribution is 2.30. The van der Waals surface area contributed by atoms with Crippen molar-refractivity contribution in [3.05, 3.63) is 76.5 Å². The second-order valence-electron chi connectivity index (χ2n) is 7.10. The predicted molar refractivity (Wildman–Crippen MR) is 110 cm³/mol. The number of ether oxygens (including phenoxy) is 1. The lowest BCUT2D eigenvalue weighted by Gasteiger charge is -2.03. The lowest BCUT2D eigenvalue weighted by atomic mass is 10.1. The van der Waals surface area contributed by atoms with Crippen molar-refractivity contribution in [3.8, 4) is 28.6 Å². The van der Waals surface area contributed by atoms with Gasteiger partial charge >= 0.3 is 0 Å². The van der Waals surface area contributed by atoms with Crippen LogP contribution in [0.25, 0.3) is 44.6 Å². The van der Waals surface area contributed by atoms with E-state index in [-0.39, 0.29) is 5.43 Å². The summed E-state index contributed by atoms with van der Waals surface area (Å²) in [6.45, 7) is 0.705. The van der Waals surface area contributed by atoms with Crippen LogP contribution < -0.4 is 10.2 Å². The molecule has 0 saturated carbocycles. The highest BCUT2D eigenvalue weighted by atomic mass is 16.5. The normalized spacial score (nSPS) is 13.0. The van der Waals surface area contributed by atoms with Crippen LogP contribution in [0.5, 0.6) is 5.75 Å². The summed E-state index contributed by atoms with van der Waals surface area (Å²) < 4.78 is 11.0. The summed E-state index contributed by atoms with van der Waals surface area (Å²) in [5.41, 5.74) is 4.32. The third kappa shape index (κ3) is 2.53. The molecule has 5 aromatic rings. The highest BCUT2D eigenvalue weighted by Gasteiger charge is 2.17. The number of aromatic amines is 1. The van der Waals surface area contributed by atoms with Gasteiger partial charge < -0.3 is 14.2 Å². The monoisotopic (exact) mass is 381 g/mol. The van der Waals surface area contributed by atoms with Crippen LogP contribution in [-0.4, -0.2) is 21.7 Å². The zero-order valence-corrected chi connectivity index (χ0v) is 15.3. The summed E-state index contributed by atoms with van der Waals surface area (Å²) in [6.07, 6.45) is 0.884. The van der Waals surface area contributed by atoms with E-state index >= 15 is 0 Å². The fourth-order valence-electron chi connectivity index (χ4n) is 3.84. The van der Waals surface area contributed by atoms with Gasteiger partial charge in [-0.2, -0.15) is 4.98 Å². The molecule has 6 heteroatoms. The zero-order chi connectivity index (χ0) is 19.4. The SMILES string of the molecule is O=c1c2ccccc2[nH]c2ccc(-c3nc(-c4ccc5c(c4)CCO5)no3)cc12. The van der Waals surface area contributed by atoms with Gasteiger partial charge in [-0.3, -0.25) is 4.79 Å². The molecule has 2 aromatic heterocycles. The van der Waals surface area contributed by atoms with Crippen molar-refractivity contribution >= 4 is 21.8 Å². The minimum atomic E-state index is -0.0189. The molecule has 0 fully saturated rings. The largest absolute Gasteiger partial charge is 0.493 e. The molecular weight excluding hydrogens is 366 g/mol. The van der Waals surface area contributed by atoms with Crippen molar-refractivity contribution in [3.63, 3.8) is 0 Å². The number of aromatic nitrogens is 3. The number of nitrogens with zero attached hydrogens (tertiary/aromatic N) is 2. The molecule has 29 heavy (non-hydrogen) atoms. The number of hydrogen-bond acceptors (Lipinski definition) is 5. The molecule has 3 heterocycles. The topological polar surface area (TPSA) is 81.0 Å². The van der Waals surface area contributed by atoms with Crippen LogP contribution in [0, 0.1) is 0 Å². The van der Waals surface area contributed by atoms with Crippen LogP contribution in [0.1, 0.15) is 5.56 Å². The Morgan fingerprint density at radius 2 is 1.76 bits per heavy atom. The first-order chi connectivity index (χ1) is 14.3. The van der Waals surface area contributed by atoms with E-state index in [1.165, 1.54) is 0 Å². The number of nitrogens with one attached hydrogen (secondary N) is 1. The van der Waals surface area contributed by atoms with E-state index in [0.29, 0.717) is 34.7 Å². The number of fused-ring (bicyclic) bond motifs is 3. The lowest BCUT2D eigenvalue weighted by molar-refractivity contribution is 0.357. The zero-order valence-electron chi connectivity index (χ0n) is 15.3. The first kappa shape index (κ1) is 16.1. The number of benzene rings is 3. The molecule has 0 unspecified atom stereocenters. The van der Waals surface area contributed by atoms with Gasteiger partial charge in [0, 0.05) is 39.4 Å². The summed E-state index contributed by atoms with van der Waals surface area (Å²) in [6, 6.07) is 18.9. The fourth-order valence-corrected chi connectivity index (χ4v) is 3.84. The minimum absolute atomic E-state index is 0.0189. The van der Waals surface area contributed by atoms with Crippen LogP contribution in [0.4, 0.5) is 0 Å². The first-order valence-corrected chi connectivity index (χ1v) is 9.41. The summed E-state index contributed by atoms with van der Waals surface area (Å²) in [7, 11) is 0. The molecule has 140 valence electrons. The molecule has 1 aliphatic heterocycles. The van der Waals surface area contributed by atoms with E-state index in [1.54, 1.807) is 6.07 Å². The van der Waals surface area contributed by atoms with E-state index in [9.17, 15) is 4.79 Å². The Morgan fingerprint density at radius 3 is 2.72 bits per heavy atom. The summed E-state index contributed by atoms with van der Waals surface area (Å²) in [4.78, 5) is 20.8. The van der Waals surface area contributed by atoms with Gasteiger partial charge in [0.1, 0.15) is 5.75 Å². The van der Waals surface area contributed by atoms with Crippen molar-refractivity contribution in [2.24, 2.45) is 0 Å². The maximum Gasteiger partial charge on any atom is 0.258 e. The molecule has 6 rings (SSSR count). The Bertz CT molecular complexity index is 1470. The van der Waals surface area contributed by atoms with Gasteiger partial charge in [-0.05, 0) is 54.1 Å². The molecule has 6 nitrogen and oxygen atoms in total. The van der Waals surface area contributed by atoms with Crippen LogP contribution in [0.2, 0.25) is 0 Å². The van der Waals surface area contributed by atoms with E-state index in [1.807, 2.05) is 54.6 Å². The average molecular weight is 381 g/mol. The smallest absolute Gasteiger partial charge is 0.258 e. The van der Waals surface area contributed by atoms with Crippen molar-refractivity contribution in [1.82, 2.24) is 15.1 Å². The van der Waals surface area contributed by atoms with Crippen LogP contribution in [0.3, 0.4) is 0 Å². The second kappa shape index (κ2) is 6.04. The molecule has 0 saturated heterocycles. The van der Waals surface area contributed by atoms with Gasteiger partial charge in [0.15, 0.2) is 5.43 Å². The van der Waals surface area contributed by atoms with Gasteiger partial charge in [0.25, 0.3) is 5.89 Å². The summed E-state index contributed by atoms with van der Waals surface area (Å²) in [5, 5.41) is 5.38. The van der Waals surface area contributed by atoms with Crippen molar-refractivity contribution < 1.29 is 9.26 Å². The molecule has 1 N–H and O–H groups in total. The van der Waals surface area contributed by atoms with Gasteiger partial charge in [0.2, 0.25) is 5.82 Å². The first-order valence-electron chi connectivity index (χ1n) is 9.41. The minimum Gasteiger partial charge on any atom is -0.493 e. The highest BCUT2D eigenvalue weighted by molar-refractivity contribution is 5.94. The molecule has 0 atom stereocenters. The van der Waals surface area contributed by atoms with Gasteiger partial charge in [-0.15, -0.1) is 0 Å². The van der Waals surface area contributed by atoms with Crippen LogP contribution in [-0.2, 0) is 6.42 Å². The summed E-state index contributed by atoms with van der Waals surface area (Å²) in [5.74, 6) is 1.81. The van der Waals surface area contributed by atoms with Crippen LogP contribution >= 0.6 is 0 Å². The Kier molecular flexibility index (Phi) is 3.34. The van der Waals surface area contributed by atoms with Crippen molar-refractivity contribution in [2.75, 3.05) is 6.61 Å². The number of hydrogen-bond donors (Lipinski definition) is 1. The standard InChI is InChI=1S/C23H15N3O3/c27-21-16-3-1-2-4-18(16)24-19-7-5-15(12-17(19)21)23-25-22(26-29-23)14-6-8-20-13(11-14)9-10-28-20/h1-8,11-12H,9-10H2,(H,24,27).